The van der Waals surface area contributed by atoms with Gasteiger partial charge in [0, 0.05) is 4.88 Å². The Balaban J connectivity index is 1.60. The molecule has 0 atom stereocenters. The summed E-state index contributed by atoms with van der Waals surface area (Å²) in [5.41, 5.74) is 1.60. The summed E-state index contributed by atoms with van der Waals surface area (Å²) in [5.74, 6) is 0.398. The van der Waals surface area contributed by atoms with Gasteiger partial charge in [-0.1, -0.05) is 18.2 Å². The standard InChI is InChI=1S/C22H16N2O3S2/c1-14-11-12-29-19(14)13-18-20(25)23-22(28)24(21(18)26)15-7-9-17(10-8-15)27-16-5-3-2-4-6-16/h2-13H,1H3,(H,23,25,28). The first-order valence-corrected chi connectivity index (χ1v) is 10.1. The number of amides is 2. The Hall–Kier alpha value is -3.29. The van der Waals surface area contributed by atoms with Crippen LogP contribution in [-0.4, -0.2) is 16.9 Å². The summed E-state index contributed by atoms with van der Waals surface area (Å²) in [7, 11) is 0. The molecule has 1 aliphatic rings. The van der Waals surface area contributed by atoms with Crippen molar-refractivity contribution in [1.29, 1.82) is 0 Å². The summed E-state index contributed by atoms with van der Waals surface area (Å²) >= 11 is 6.72. The molecule has 2 amide bonds. The van der Waals surface area contributed by atoms with E-state index in [2.05, 4.69) is 5.32 Å². The van der Waals surface area contributed by atoms with Gasteiger partial charge in [-0.05, 0) is 78.6 Å². The number of carbonyl (C=O) groups is 2. The van der Waals surface area contributed by atoms with Gasteiger partial charge in [-0.3, -0.25) is 19.8 Å². The van der Waals surface area contributed by atoms with Crippen molar-refractivity contribution in [3.63, 3.8) is 0 Å². The second kappa shape index (κ2) is 7.98. The van der Waals surface area contributed by atoms with Gasteiger partial charge < -0.3 is 4.74 Å². The Morgan fingerprint density at radius 3 is 2.34 bits per heavy atom. The van der Waals surface area contributed by atoms with Crippen LogP contribution in [0.3, 0.4) is 0 Å². The normalized spacial score (nSPS) is 15.6. The zero-order valence-corrected chi connectivity index (χ0v) is 17.0. The van der Waals surface area contributed by atoms with E-state index in [1.165, 1.54) is 16.2 Å². The van der Waals surface area contributed by atoms with Crippen LogP contribution in [0, 0.1) is 6.92 Å². The molecule has 2 heterocycles. The molecule has 2 aromatic carbocycles. The number of anilines is 1. The first kappa shape index (κ1) is 19.0. The maximum absolute atomic E-state index is 13.0. The summed E-state index contributed by atoms with van der Waals surface area (Å²) < 4.78 is 5.78. The number of thiophene rings is 1. The smallest absolute Gasteiger partial charge is 0.270 e. The van der Waals surface area contributed by atoms with Crippen LogP contribution in [0.15, 0.2) is 71.6 Å². The van der Waals surface area contributed by atoms with Crippen molar-refractivity contribution in [1.82, 2.24) is 5.32 Å². The Bertz CT molecular complexity index is 1120. The highest BCUT2D eigenvalue weighted by Crippen LogP contribution is 2.28. The lowest BCUT2D eigenvalue weighted by Crippen LogP contribution is -2.54. The number of carbonyl (C=O) groups excluding carboxylic acids is 2. The predicted molar refractivity (Wildman–Crippen MR) is 118 cm³/mol. The van der Waals surface area contributed by atoms with Gasteiger partial charge in [-0.2, -0.15) is 0 Å². The maximum atomic E-state index is 13.0. The highest BCUT2D eigenvalue weighted by molar-refractivity contribution is 7.80. The molecule has 1 fully saturated rings. The lowest BCUT2D eigenvalue weighted by Gasteiger charge is -2.29. The van der Waals surface area contributed by atoms with E-state index in [-0.39, 0.29) is 10.7 Å². The molecule has 0 aliphatic carbocycles. The fourth-order valence-corrected chi connectivity index (χ4v) is 3.98. The van der Waals surface area contributed by atoms with Gasteiger partial charge in [0.15, 0.2) is 5.11 Å². The third kappa shape index (κ3) is 3.96. The van der Waals surface area contributed by atoms with E-state index >= 15 is 0 Å². The average Bonchev–Trinajstić information content (AvgIpc) is 3.12. The molecule has 7 heteroatoms. The first-order chi connectivity index (χ1) is 14.0. The van der Waals surface area contributed by atoms with Crippen LogP contribution in [0.4, 0.5) is 5.69 Å². The van der Waals surface area contributed by atoms with Crippen molar-refractivity contribution in [2.75, 3.05) is 4.90 Å². The van der Waals surface area contributed by atoms with E-state index in [9.17, 15) is 9.59 Å². The van der Waals surface area contributed by atoms with Crippen LogP contribution in [0.1, 0.15) is 10.4 Å². The van der Waals surface area contributed by atoms with Crippen molar-refractivity contribution >= 4 is 52.2 Å². The second-order valence-electron chi connectivity index (χ2n) is 6.33. The number of para-hydroxylation sites is 1. The van der Waals surface area contributed by atoms with E-state index < -0.39 is 11.8 Å². The molecule has 4 rings (SSSR count). The Kier molecular flexibility index (Phi) is 5.24. The minimum atomic E-state index is -0.493. The molecule has 1 aromatic heterocycles. The van der Waals surface area contributed by atoms with Crippen molar-refractivity contribution in [2.24, 2.45) is 0 Å². The monoisotopic (exact) mass is 420 g/mol. The first-order valence-electron chi connectivity index (χ1n) is 8.81. The number of nitrogens with zero attached hydrogens (tertiary/aromatic N) is 1. The van der Waals surface area contributed by atoms with E-state index in [1.54, 1.807) is 30.3 Å². The molecule has 0 saturated carbocycles. The minimum absolute atomic E-state index is 0.0498. The second-order valence-corrected chi connectivity index (χ2v) is 7.67. The number of hydrogen-bond donors (Lipinski definition) is 1. The molecular formula is C22H16N2O3S2. The van der Waals surface area contributed by atoms with Crippen LogP contribution in [0.5, 0.6) is 11.5 Å². The van der Waals surface area contributed by atoms with Gasteiger partial charge in [0.25, 0.3) is 11.8 Å². The molecule has 3 aromatic rings. The van der Waals surface area contributed by atoms with Gasteiger partial charge in [-0.15, -0.1) is 11.3 Å². The number of nitrogens with one attached hydrogen (secondary N) is 1. The van der Waals surface area contributed by atoms with Crippen LogP contribution in [-0.2, 0) is 9.59 Å². The Morgan fingerprint density at radius 2 is 1.69 bits per heavy atom. The SMILES string of the molecule is Cc1ccsc1C=C1C(=O)NC(=S)N(c2ccc(Oc3ccccc3)cc2)C1=O. The van der Waals surface area contributed by atoms with E-state index in [0.717, 1.165) is 10.4 Å². The van der Waals surface area contributed by atoms with Crippen molar-refractivity contribution < 1.29 is 14.3 Å². The molecule has 1 aliphatic heterocycles. The summed E-state index contributed by atoms with van der Waals surface area (Å²) in [4.78, 5) is 27.6. The quantitative estimate of drug-likeness (QED) is 0.378. The fourth-order valence-electron chi connectivity index (χ4n) is 2.84. The lowest BCUT2D eigenvalue weighted by molar-refractivity contribution is -0.122. The van der Waals surface area contributed by atoms with Crippen molar-refractivity contribution in [3.8, 4) is 11.5 Å². The molecule has 0 radical (unpaired) electrons. The highest BCUT2D eigenvalue weighted by Gasteiger charge is 2.34. The van der Waals surface area contributed by atoms with Gasteiger partial charge in [0.2, 0.25) is 0 Å². The zero-order chi connectivity index (χ0) is 20.4. The molecule has 0 unspecified atom stereocenters. The van der Waals surface area contributed by atoms with E-state index in [1.807, 2.05) is 48.7 Å². The van der Waals surface area contributed by atoms with Crippen LogP contribution in [0.2, 0.25) is 0 Å². The number of benzene rings is 2. The van der Waals surface area contributed by atoms with Crippen LogP contribution < -0.4 is 15.0 Å². The van der Waals surface area contributed by atoms with Gasteiger partial charge in [0.1, 0.15) is 17.1 Å². The van der Waals surface area contributed by atoms with Gasteiger partial charge in [-0.25, -0.2) is 0 Å². The van der Waals surface area contributed by atoms with E-state index in [0.29, 0.717) is 17.2 Å². The predicted octanol–water partition coefficient (Wildman–Crippen LogP) is 4.68. The van der Waals surface area contributed by atoms with Crippen LogP contribution >= 0.6 is 23.6 Å². The molecule has 0 bridgehead atoms. The third-order valence-corrected chi connectivity index (χ3v) is 5.60. The molecular weight excluding hydrogens is 404 g/mol. The number of ether oxygens (including phenoxy) is 1. The zero-order valence-electron chi connectivity index (χ0n) is 15.4. The van der Waals surface area contributed by atoms with Crippen molar-refractivity contribution in [2.45, 2.75) is 6.92 Å². The number of rotatable bonds is 4. The van der Waals surface area contributed by atoms with E-state index in [4.69, 9.17) is 17.0 Å². The average molecular weight is 421 g/mol. The lowest BCUT2D eigenvalue weighted by atomic mass is 10.1. The summed E-state index contributed by atoms with van der Waals surface area (Å²) in [6, 6.07) is 18.3. The molecule has 144 valence electrons. The minimum Gasteiger partial charge on any atom is -0.457 e. The van der Waals surface area contributed by atoms with Crippen molar-refractivity contribution in [3.05, 3.63) is 82.1 Å². The molecule has 1 saturated heterocycles. The molecule has 0 spiro atoms. The Morgan fingerprint density at radius 1 is 1.00 bits per heavy atom. The van der Waals surface area contributed by atoms with Gasteiger partial charge >= 0.3 is 0 Å². The number of aryl methyl sites for hydroxylation is 1. The third-order valence-electron chi connectivity index (χ3n) is 4.35. The fraction of sp³-hybridized carbons (Fsp3) is 0.0455. The summed E-state index contributed by atoms with van der Waals surface area (Å²) in [6.07, 6.45) is 1.61. The number of hydrogen-bond acceptors (Lipinski definition) is 5. The molecule has 1 N–H and O–H groups in total. The maximum Gasteiger partial charge on any atom is 0.270 e. The molecule has 5 nitrogen and oxygen atoms in total. The van der Waals surface area contributed by atoms with Gasteiger partial charge in [0.05, 0.1) is 5.69 Å². The Labute approximate surface area is 177 Å². The summed E-state index contributed by atoms with van der Waals surface area (Å²) in [5, 5.41) is 4.57. The highest BCUT2D eigenvalue weighted by atomic mass is 32.1. The summed E-state index contributed by atoms with van der Waals surface area (Å²) in [6.45, 7) is 1.93. The topological polar surface area (TPSA) is 58.6 Å². The molecule has 29 heavy (non-hydrogen) atoms. The van der Waals surface area contributed by atoms with Crippen LogP contribution in [0.25, 0.3) is 6.08 Å². The largest absolute Gasteiger partial charge is 0.457 e. The number of thiocarbonyl (C=S) groups is 1.